The van der Waals surface area contributed by atoms with Gasteiger partial charge in [-0.25, -0.2) is 0 Å². The van der Waals surface area contributed by atoms with Gasteiger partial charge in [-0.3, -0.25) is 9.59 Å². The van der Waals surface area contributed by atoms with Gasteiger partial charge >= 0.3 is 0 Å². The van der Waals surface area contributed by atoms with Gasteiger partial charge in [-0.15, -0.1) is 0 Å². The molecule has 61 heavy (non-hydrogen) atoms. The smallest absolute Gasteiger partial charge is 0.164 e. The number of phenolic OH excluding ortho intramolecular Hbond substituents is 2. The van der Waals surface area contributed by atoms with Crippen LogP contribution in [0.2, 0.25) is 0 Å². The van der Waals surface area contributed by atoms with E-state index >= 15 is 0 Å². The van der Waals surface area contributed by atoms with E-state index in [0.29, 0.717) is 22.6 Å². The molecular formula is C54H76O6Ti. The summed E-state index contributed by atoms with van der Waals surface area (Å²) in [5.41, 5.74) is 5.24. The van der Waals surface area contributed by atoms with Crippen LogP contribution in [-0.2, 0) is 53.0 Å². The summed E-state index contributed by atoms with van der Waals surface area (Å²) < 4.78 is 0. The minimum absolute atomic E-state index is 0. The Hall–Kier alpha value is -4.39. The van der Waals surface area contributed by atoms with Crippen LogP contribution in [0, 0.1) is 10.8 Å². The molecule has 0 aliphatic carbocycles. The summed E-state index contributed by atoms with van der Waals surface area (Å²) in [4.78, 5) is 23.2. The zero-order valence-corrected chi connectivity index (χ0v) is 42.1. The number of aromatic hydroxyl groups is 2. The summed E-state index contributed by atoms with van der Waals surface area (Å²) >= 11 is 0. The van der Waals surface area contributed by atoms with Gasteiger partial charge in [-0.2, -0.15) is 0 Å². The second-order valence-corrected chi connectivity index (χ2v) is 21.5. The molecule has 4 rings (SSSR count). The molecule has 0 saturated carbocycles. The minimum atomic E-state index is -0.456. The Balaban J connectivity index is 0.000000783. The predicted molar refractivity (Wildman–Crippen MR) is 254 cm³/mol. The van der Waals surface area contributed by atoms with Crippen molar-refractivity contribution in [2.24, 2.45) is 10.8 Å². The number of carbonyl (C=O) groups is 2. The maximum atomic E-state index is 11.6. The van der Waals surface area contributed by atoms with Gasteiger partial charge in [-0.05, 0) is 56.0 Å². The fraction of sp³-hybridized carbons (Fsp3) is 0.444. The molecule has 7 heteroatoms. The zero-order valence-electron chi connectivity index (χ0n) is 40.5. The van der Waals surface area contributed by atoms with E-state index < -0.39 is 10.8 Å². The molecule has 0 radical (unpaired) electrons. The second-order valence-electron chi connectivity index (χ2n) is 21.5. The van der Waals surface area contributed by atoms with Gasteiger partial charge in [0.05, 0.1) is 0 Å². The number of aliphatic hydroxyl groups excluding tert-OH is 2. The van der Waals surface area contributed by atoms with Gasteiger partial charge < -0.3 is 20.4 Å². The van der Waals surface area contributed by atoms with Crippen LogP contribution in [0.1, 0.15) is 158 Å². The largest absolute Gasteiger partial charge is 0.508 e. The summed E-state index contributed by atoms with van der Waals surface area (Å²) in [6, 6.07) is 29.9. The summed E-state index contributed by atoms with van der Waals surface area (Å²) in [6.45, 7) is 36.8. The number of allylic oxidation sites excluding steroid dienone is 2. The van der Waals surface area contributed by atoms with Crippen LogP contribution < -0.4 is 0 Å². The van der Waals surface area contributed by atoms with E-state index in [1.807, 2.05) is 90.1 Å². The minimum Gasteiger partial charge on any atom is -0.508 e. The third-order valence-corrected chi connectivity index (χ3v) is 9.49. The summed E-state index contributed by atoms with van der Waals surface area (Å²) in [7, 11) is 0. The Labute approximate surface area is 384 Å². The van der Waals surface area contributed by atoms with E-state index in [4.69, 9.17) is 0 Å². The molecule has 332 valence electrons. The van der Waals surface area contributed by atoms with Crippen molar-refractivity contribution in [2.75, 3.05) is 0 Å². The van der Waals surface area contributed by atoms with Crippen molar-refractivity contribution in [2.45, 2.75) is 146 Å². The van der Waals surface area contributed by atoms with Gasteiger partial charge in [-0.1, -0.05) is 210 Å². The molecule has 0 fully saturated rings. The summed E-state index contributed by atoms with van der Waals surface area (Å²) in [6.07, 6.45) is 2.57. The summed E-state index contributed by atoms with van der Waals surface area (Å²) in [5, 5.41) is 39.1. The van der Waals surface area contributed by atoms with Gasteiger partial charge in [0, 0.05) is 55.8 Å². The van der Waals surface area contributed by atoms with Crippen molar-refractivity contribution < 1.29 is 51.7 Å². The quantitative estimate of drug-likeness (QED) is 0.0922. The topological polar surface area (TPSA) is 115 Å². The van der Waals surface area contributed by atoms with Gasteiger partial charge in [0.15, 0.2) is 11.6 Å². The van der Waals surface area contributed by atoms with Gasteiger partial charge in [0.1, 0.15) is 23.0 Å². The van der Waals surface area contributed by atoms with Crippen LogP contribution in [-0.4, -0.2) is 32.0 Å². The Bertz CT molecular complexity index is 1900. The molecule has 4 N–H and O–H groups in total. The first-order chi connectivity index (χ1) is 27.1. The third-order valence-electron chi connectivity index (χ3n) is 9.49. The maximum Gasteiger partial charge on any atom is 0.164 e. The number of phenols is 2. The number of hydrogen-bond donors (Lipinski definition) is 4. The van der Waals surface area contributed by atoms with Crippen molar-refractivity contribution >= 4 is 23.1 Å². The number of aliphatic hydroxyl groups is 2. The number of carbonyl (C=O) groups excluding carboxylic acids is 2. The average molecular weight is 869 g/mol. The first kappa shape index (κ1) is 56.6. The van der Waals surface area contributed by atoms with E-state index in [0.717, 1.165) is 11.1 Å². The Morgan fingerprint density at radius 1 is 0.410 bits per heavy atom. The first-order valence-corrected chi connectivity index (χ1v) is 20.8. The molecular weight excluding hydrogens is 792 g/mol. The fourth-order valence-corrected chi connectivity index (χ4v) is 5.27. The monoisotopic (exact) mass is 869 g/mol. The number of ketones is 2. The molecule has 4 aromatic rings. The number of benzene rings is 4. The molecule has 0 aliphatic rings. The third kappa shape index (κ3) is 19.9. The molecule has 0 unspecified atom stereocenters. The molecule has 6 nitrogen and oxygen atoms in total. The number of hydrogen-bond acceptors (Lipinski definition) is 6. The Kier molecular flexibility index (Phi) is 21.0. The van der Waals surface area contributed by atoms with Crippen molar-refractivity contribution in [3.63, 3.8) is 0 Å². The Morgan fingerprint density at radius 2 is 0.672 bits per heavy atom. The molecule has 0 saturated heterocycles. The fourth-order valence-electron chi connectivity index (χ4n) is 5.27. The van der Waals surface area contributed by atoms with Crippen LogP contribution in [0.15, 0.2) is 109 Å². The van der Waals surface area contributed by atoms with E-state index in [-0.39, 0.29) is 66.5 Å². The van der Waals surface area contributed by atoms with Crippen molar-refractivity contribution in [3.05, 3.63) is 143 Å². The molecule has 0 atom stereocenters. The molecule has 0 amide bonds. The molecule has 0 bridgehead atoms. The van der Waals surface area contributed by atoms with E-state index in [1.54, 1.807) is 36.4 Å². The average Bonchev–Trinajstić information content (AvgIpc) is 3.10. The van der Waals surface area contributed by atoms with Crippen molar-refractivity contribution in [3.8, 4) is 11.5 Å². The molecule has 0 heterocycles. The van der Waals surface area contributed by atoms with Crippen molar-refractivity contribution in [1.29, 1.82) is 0 Å². The molecule has 0 spiro atoms. The van der Waals surface area contributed by atoms with Gasteiger partial charge in [0.25, 0.3) is 0 Å². The van der Waals surface area contributed by atoms with Crippen LogP contribution in [0.3, 0.4) is 0 Å². The standard InChI is InChI=1S/2C14H22O.2C13H16O2.Ti/c2*1-13(2,3)10-7-8-12(15)11(9-10)14(4,5)6;2*1-13(2,3)12(15)9-11(14)10-7-5-4-6-8-10;/h2*7-9,15H,1-6H3;2*4-9,14H,1-3H3;/b;;2*11-9-;. The molecule has 4 aromatic carbocycles. The number of rotatable bonds is 4. The zero-order chi connectivity index (χ0) is 46.7. The van der Waals surface area contributed by atoms with E-state index in [9.17, 15) is 30.0 Å². The Morgan fingerprint density at radius 3 is 0.885 bits per heavy atom. The van der Waals surface area contributed by atoms with Gasteiger partial charge in [0.2, 0.25) is 0 Å². The normalized spacial score (nSPS) is 12.6. The van der Waals surface area contributed by atoms with E-state index in [1.165, 1.54) is 23.3 Å². The van der Waals surface area contributed by atoms with Crippen LogP contribution in [0.4, 0.5) is 0 Å². The van der Waals surface area contributed by atoms with Crippen molar-refractivity contribution in [1.82, 2.24) is 0 Å². The SMILES string of the molecule is CC(C)(C)C(=O)/C=C(\O)c1ccccc1.CC(C)(C)C(=O)/C=C(\O)c1ccccc1.CC(C)(C)c1ccc(O)c(C(C)(C)C)c1.CC(C)(C)c1ccc(O)c(C(C)(C)C)c1.[Ti]. The second kappa shape index (κ2) is 22.6. The maximum absolute atomic E-state index is 11.6. The molecule has 0 aromatic heterocycles. The van der Waals surface area contributed by atoms with Crippen LogP contribution in [0.25, 0.3) is 11.5 Å². The molecule has 0 aliphatic heterocycles. The first-order valence-electron chi connectivity index (χ1n) is 20.8. The predicted octanol–water partition coefficient (Wildman–Crippen LogP) is 14.4. The van der Waals surface area contributed by atoms with Crippen LogP contribution in [0.5, 0.6) is 11.5 Å². The van der Waals surface area contributed by atoms with E-state index in [2.05, 4.69) is 95.2 Å². The van der Waals surface area contributed by atoms with Crippen LogP contribution >= 0.6 is 0 Å². The summed E-state index contributed by atoms with van der Waals surface area (Å²) in [5.74, 6) is 0.685.